The molecule has 0 saturated heterocycles. The van der Waals surface area contributed by atoms with Gasteiger partial charge in [-0.05, 0) is 18.1 Å². The number of alkyl halides is 3. The second-order valence-corrected chi connectivity index (χ2v) is 3.24. The first-order valence-electron chi connectivity index (χ1n) is 4.64. The zero-order valence-electron chi connectivity index (χ0n) is 8.62. The summed E-state index contributed by atoms with van der Waals surface area (Å²) in [6.07, 6.45) is -3.00. The number of rotatable bonds is 4. The van der Waals surface area contributed by atoms with Crippen molar-refractivity contribution in [2.24, 2.45) is 5.73 Å². The quantitative estimate of drug-likeness (QED) is 0.823. The Morgan fingerprint density at radius 2 is 2.00 bits per heavy atom. The number of carbonyl (C=O) groups excluding carboxylic acids is 2. The molecule has 0 fully saturated rings. The van der Waals surface area contributed by atoms with Crippen molar-refractivity contribution < 1.29 is 22.8 Å². The second-order valence-electron chi connectivity index (χ2n) is 3.24. The number of hydrogen-bond acceptors (Lipinski definition) is 2. The van der Waals surface area contributed by atoms with Crippen molar-refractivity contribution in [1.29, 1.82) is 0 Å². The topological polar surface area (TPSA) is 60.2 Å². The Morgan fingerprint density at radius 3 is 2.47 bits per heavy atom. The molecule has 91 valence electrons. The number of primary amides is 1. The fourth-order valence-corrected chi connectivity index (χ4v) is 1.43. The van der Waals surface area contributed by atoms with Gasteiger partial charge in [-0.25, -0.2) is 0 Å². The van der Waals surface area contributed by atoms with Crippen molar-refractivity contribution in [2.75, 3.05) is 0 Å². The van der Waals surface area contributed by atoms with Crippen molar-refractivity contribution in [1.82, 2.24) is 0 Å². The highest BCUT2D eigenvalue weighted by Crippen LogP contribution is 2.33. The molecule has 0 aliphatic carbocycles. The largest absolute Gasteiger partial charge is 0.417 e. The summed E-state index contributed by atoms with van der Waals surface area (Å²) in [4.78, 5) is 21.2. The molecule has 17 heavy (non-hydrogen) atoms. The zero-order chi connectivity index (χ0) is 13.1. The van der Waals surface area contributed by atoms with Gasteiger partial charge in [-0.2, -0.15) is 13.2 Å². The summed E-state index contributed by atoms with van der Waals surface area (Å²) in [6.45, 7) is 0. The molecule has 6 heteroatoms. The van der Waals surface area contributed by atoms with E-state index in [1.807, 2.05) is 0 Å². The van der Waals surface area contributed by atoms with E-state index in [0.717, 1.165) is 12.1 Å². The zero-order valence-corrected chi connectivity index (χ0v) is 8.62. The average molecular weight is 244 g/mol. The average Bonchev–Trinajstić information content (AvgIpc) is 2.24. The lowest BCUT2D eigenvalue weighted by atomic mass is 9.97. The van der Waals surface area contributed by atoms with Gasteiger partial charge in [0, 0.05) is 6.42 Å². The molecule has 3 nitrogen and oxygen atoms in total. The Bertz CT molecular complexity index is 441. The highest BCUT2D eigenvalue weighted by Gasteiger charge is 2.35. The monoisotopic (exact) mass is 244 g/mol. The standard InChI is InChI=1S/C11H9F3NO2/c12-11(13,14)8-5-1-3-7(4-2-6-16)9(8)10(15)17/h1,3-6H,2H2,(H2,15,17). The minimum absolute atomic E-state index is 0.0134. The van der Waals surface area contributed by atoms with Crippen LogP contribution in [0.15, 0.2) is 18.2 Å². The van der Waals surface area contributed by atoms with Gasteiger partial charge in [0.2, 0.25) is 5.91 Å². The van der Waals surface area contributed by atoms with E-state index in [2.05, 4.69) is 0 Å². The van der Waals surface area contributed by atoms with E-state index >= 15 is 0 Å². The van der Waals surface area contributed by atoms with Gasteiger partial charge in [0.05, 0.1) is 11.1 Å². The fourth-order valence-electron chi connectivity index (χ4n) is 1.43. The lowest BCUT2D eigenvalue weighted by Crippen LogP contribution is -2.20. The van der Waals surface area contributed by atoms with E-state index < -0.39 is 23.2 Å². The van der Waals surface area contributed by atoms with E-state index in [-0.39, 0.29) is 12.0 Å². The Labute approximate surface area is 95.4 Å². The number of halogens is 3. The van der Waals surface area contributed by atoms with E-state index in [1.165, 1.54) is 12.5 Å². The predicted molar refractivity (Wildman–Crippen MR) is 54.0 cm³/mol. The Kier molecular flexibility index (Phi) is 3.88. The summed E-state index contributed by atoms with van der Waals surface area (Å²) in [5, 5.41) is 0. The van der Waals surface area contributed by atoms with E-state index in [1.54, 1.807) is 0 Å². The van der Waals surface area contributed by atoms with Crippen LogP contribution in [0.5, 0.6) is 0 Å². The van der Waals surface area contributed by atoms with E-state index in [9.17, 15) is 22.8 Å². The molecule has 0 unspecified atom stereocenters. The molecule has 0 heterocycles. The minimum atomic E-state index is -4.66. The highest BCUT2D eigenvalue weighted by molar-refractivity contribution is 5.96. The van der Waals surface area contributed by atoms with Gasteiger partial charge >= 0.3 is 6.18 Å². The number of carbonyl (C=O) groups is 2. The molecule has 0 aliphatic heterocycles. The third-order valence-electron chi connectivity index (χ3n) is 2.08. The lowest BCUT2D eigenvalue weighted by molar-refractivity contribution is -0.137. The first-order valence-corrected chi connectivity index (χ1v) is 4.64. The van der Waals surface area contributed by atoms with Gasteiger partial charge in [-0.1, -0.05) is 12.1 Å². The first-order chi connectivity index (χ1) is 7.88. The van der Waals surface area contributed by atoms with E-state index in [0.29, 0.717) is 6.29 Å². The van der Waals surface area contributed by atoms with Crippen molar-refractivity contribution in [3.63, 3.8) is 0 Å². The number of amides is 1. The number of aldehydes is 1. The van der Waals surface area contributed by atoms with Gasteiger partial charge < -0.3 is 10.5 Å². The fraction of sp³-hybridized carbons (Fsp3) is 0.182. The first kappa shape index (κ1) is 13.2. The van der Waals surface area contributed by atoms with Crippen LogP contribution in [-0.4, -0.2) is 12.2 Å². The van der Waals surface area contributed by atoms with Gasteiger partial charge in [0.25, 0.3) is 0 Å². The van der Waals surface area contributed by atoms with Crippen LogP contribution in [0.4, 0.5) is 13.2 Å². The number of hydrogen-bond donors (Lipinski definition) is 1. The van der Waals surface area contributed by atoms with Crippen molar-refractivity contribution in [2.45, 2.75) is 12.6 Å². The molecule has 1 amide bonds. The maximum Gasteiger partial charge on any atom is 0.417 e. The predicted octanol–water partition coefficient (Wildman–Crippen LogP) is 1.95. The summed E-state index contributed by atoms with van der Waals surface area (Å²) in [7, 11) is 0. The molecular weight excluding hydrogens is 235 g/mol. The summed E-state index contributed by atoms with van der Waals surface area (Å²) in [5.41, 5.74) is 3.25. The maximum absolute atomic E-state index is 12.6. The second kappa shape index (κ2) is 4.99. The molecule has 0 aliphatic rings. The SMILES string of the molecule is NC(=O)c1c([CH]CC=O)cccc1C(F)(F)F. The van der Waals surface area contributed by atoms with Crippen LogP contribution in [0.25, 0.3) is 0 Å². The molecule has 0 atom stereocenters. The third-order valence-corrected chi connectivity index (χ3v) is 2.08. The molecule has 0 bridgehead atoms. The summed E-state index contributed by atoms with van der Waals surface area (Å²) < 4.78 is 37.9. The molecule has 0 saturated carbocycles. The Balaban J connectivity index is 3.32. The highest BCUT2D eigenvalue weighted by atomic mass is 19.4. The Hall–Kier alpha value is -1.85. The molecule has 1 rings (SSSR count). The van der Waals surface area contributed by atoms with Crippen LogP contribution in [0, 0.1) is 6.42 Å². The molecule has 0 aromatic heterocycles. The van der Waals surface area contributed by atoms with Gasteiger partial charge in [0.15, 0.2) is 0 Å². The van der Waals surface area contributed by atoms with Gasteiger partial charge in [-0.3, -0.25) is 4.79 Å². The van der Waals surface area contributed by atoms with Crippen LogP contribution >= 0.6 is 0 Å². The molecular formula is C11H9F3NO2. The molecule has 1 aromatic rings. The summed E-state index contributed by atoms with van der Waals surface area (Å²) in [5.74, 6) is -1.17. The summed E-state index contributed by atoms with van der Waals surface area (Å²) in [6, 6.07) is 3.24. The minimum Gasteiger partial charge on any atom is -0.366 e. The van der Waals surface area contributed by atoms with Gasteiger partial charge in [-0.15, -0.1) is 0 Å². The van der Waals surface area contributed by atoms with Crippen LogP contribution in [-0.2, 0) is 11.0 Å². The van der Waals surface area contributed by atoms with Crippen LogP contribution in [0.1, 0.15) is 27.9 Å². The third kappa shape index (κ3) is 3.05. The van der Waals surface area contributed by atoms with Crippen molar-refractivity contribution >= 4 is 12.2 Å². The van der Waals surface area contributed by atoms with Crippen LogP contribution < -0.4 is 5.73 Å². The lowest BCUT2D eigenvalue weighted by Gasteiger charge is -2.13. The van der Waals surface area contributed by atoms with Crippen LogP contribution in [0.3, 0.4) is 0 Å². The number of benzene rings is 1. The van der Waals surface area contributed by atoms with Crippen molar-refractivity contribution in [3.8, 4) is 0 Å². The van der Waals surface area contributed by atoms with Crippen LogP contribution in [0.2, 0.25) is 0 Å². The normalized spacial score (nSPS) is 11.2. The van der Waals surface area contributed by atoms with Gasteiger partial charge in [0.1, 0.15) is 6.29 Å². The molecule has 1 aromatic carbocycles. The molecule has 0 spiro atoms. The number of nitrogens with two attached hydrogens (primary N) is 1. The maximum atomic E-state index is 12.6. The smallest absolute Gasteiger partial charge is 0.366 e. The van der Waals surface area contributed by atoms with E-state index in [4.69, 9.17) is 5.73 Å². The van der Waals surface area contributed by atoms with Crippen molar-refractivity contribution in [3.05, 3.63) is 41.3 Å². The Morgan fingerprint density at radius 1 is 1.35 bits per heavy atom. The summed E-state index contributed by atoms with van der Waals surface area (Å²) >= 11 is 0. The molecule has 1 radical (unpaired) electrons. The molecule has 2 N–H and O–H groups in total.